The summed E-state index contributed by atoms with van der Waals surface area (Å²) in [6, 6.07) is 9.19. The lowest BCUT2D eigenvalue weighted by Gasteiger charge is -2.26. The van der Waals surface area contributed by atoms with Gasteiger partial charge in [0.1, 0.15) is 5.65 Å². The molecule has 3 aromatic rings. The standard InChI is InChI=1S/C28H40N4O2/c1-19(2)25(18-33)14-29-13-24-16-31-28-27(24)12-22(15-30-28)21-5-6-26(20-7-9-34-10-8-20)23(11-21)17-32(3)4/h5-6,11-12,15-16,19-20,25,29,33H,7-10,13-14,17-18H2,1-4H3,(H,30,31). The van der Waals surface area contributed by atoms with Crippen molar-refractivity contribution in [2.45, 2.75) is 45.7 Å². The zero-order chi connectivity index (χ0) is 24.1. The monoisotopic (exact) mass is 464 g/mol. The summed E-state index contributed by atoms with van der Waals surface area (Å²) in [5, 5.41) is 14.3. The Morgan fingerprint density at radius 1 is 1.15 bits per heavy atom. The second kappa shape index (κ2) is 11.5. The Labute approximate surface area is 203 Å². The van der Waals surface area contributed by atoms with E-state index in [1.165, 1.54) is 22.3 Å². The van der Waals surface area contributed by atoms with Gasteiger partial charge in [-0.1, -0.05) is 26.0 Å². The van der Waals surface area contributed by atoms with Crippen LogP contribution >= 0.6 is 0 Å². The first-order valence-corrected chi connectivity index (χ1v) is 12.6. The number of nitrogens with zero attached hydrogens (tertiary/aromatic N) is 2. The van der Waals surface area contributed by atoms with E-state index in [1.807, 2.05) is 12.4 Å². The maximum absolute atomic E-state index is 9.60. The molecule has 0 radical (unpaired) electrons. The molecule has 3 N–H and O–H groups in total. The van der Waals surface area contributed by atoms with Gasteiger partial charge in [-0.15, -0.1) is 0 Å². The van der Waals surface area contributed by atoms with Gasteiger partial charge < -0.3 is 25.0 Å². The number of nitrogens with one attached hydrogen (secondary N) is 2. The predicted molar refractivity (Wildman–Crippen MR) is 139 cm³/mol. The lowest BCUT2D eigenvalue weighted by Crippen LogP contribution is -2.28. The number of fused-ring (bicyclic) bond motifs is 1. The predicted octanol–water partition coefficient (Wildman–Crippen LogP) is 4.54. The van der Waals surface area contributed by atoms with Gasteiger partial charge in [0, 0.05) is 62.8 Å². The van der Waals surface area contributed by atoms with Crippen molar-refractivity contribution >= 4 is 11.0 Å². The van der Waals surface area contributed by atoms with Crippen molar-refractivity contribution in [3.63, 3.8) is 0 Å². The topological polar surface area (TPSA) is 73.4 Å². The van der Waals surface area contributed by atoms with Crippen LogP contribution in [0.5, 0.6) is 0 Å². The highest BCUT2D eigenvalue weighted by Crippen LogP contribution is 2.33. The number of hydrogen-bond donors (Lipinski definition) is 3. The molecular weight excluding hydrogens is 424 g/mol. The van der Waals surface area contributed by atoms with E-state index >= 15 is 0 Å². The number of benzene rings is 1. The number of aliphatic hydroxyl groups is 1. The second-order valence-electron chi connectivity index (χ2n) is 10.3. The average Bonchev–Trinajstić information content (AvgIpc) is 3.24. The van der Waals surface area contributed by atoms with Crippen LogP contribution < -0.4 is 5.32 Å². The average molecular weight is 465 g/mol. The fraction of sp³-hybridized carbons (Fsp3) is 0.536. The fourth-order valence-corrected chi connectivity index (χ4v) is 4.94. The molecule has 4 rings (SSSR count). The van der Waals surface area contributed by atoms with Gasteiger partial charge in [-0.2, -0.15) is 0 Å². The van der Waals surface area contributed by atoms with Crippen molar-refractivity contribution in [2.75, 3.05) is 40.5 Å². The minimum atomic E-state index is 0.212. The Hall–Kier alpha value is -2.25. The molecule has 0 bridgehead atoms. The van der Waals surface area contributed by atoms with Crippen LogP contribution in [0, 0.1) is 11.8 Å². The molecule has 184 valence electrons. The maximum Gasteiger partial charge on any atom is 0.137 e. The van der Waals surface area contributed by atoms with E-state index in [2.05, 4.69) is 67.4 Å². The molecular formula is C28H40N4O2. The van der Waals surface area contributed by atoms with E-state index in [0.29, 0.717) is 11.8 Å². The van der Waals surface area contributed by atoms with E-state index in [-0.39, 0.29) is 12.5 Å². The number of aliphatic hydroxyl groups excluding tert-OH is 1. The molecule has 0 amide bonds. The maximum atomic E-state index is 9.60. The zero-order valence-corrected chi connectivity index (χ0v) is 21.1. The third-order valence-corrected chi connectivity index (χ3v) is 7.14. The van der Waals surface area contributed by atoms with Gasteiger partial charge in [0.15, 0.2) is 0 Å². The van der Waals surface area contributed by atoms with Gasteiger partial charge in [0.2, 0.25) is 0 Å². The molecule has 1 fully saturated rings. The number of aromatic nitrogens is 2. The molecule has 0 spiro atoms. The highest BCUT2D eigenvalue weighted by molar-refractivity contribution is 5.84. The van der Waals surface area contributed by atoms with Crippen LogP contribution in [0.2, 0.25) is 0 Å². The molecule has 1 unspecified atom stereocenters. The third kappa shape index (κ3) is 5.87. The van der Waals surface area contributed by atoms with Crippen molar-refractivity contribution in [2.24, 2.45) is 11.8 Å². The third-order valence-electron chi connectivity index (χ3n) is 7.14. The van der Waals surface area contributed by atoms with E-state index < -0.39 is 0 Å². The number of rotatable bonds is 10. The number of ether oxygens (including phenoxy) is 1. The largest absolute Gasteiger partial charge is 0.396 e. The van der Waals surface area contributed by atoms with Gasteiger partial charge in [0.05, 0.1) is 0 Å². The first-order valence-electron chi connectivity index (χ1n) is 12.6. The summed E-state index contributed by atoms with van der Waals surface area (Å²) in [5.74, 6) is 1.30. The minimum Gasteiger partial charge on any atom is -0.396 e. The van der Waals surface area contributed by atoms with Crippen molar-refractivity contribution in [1.29, 1.82) is 0 Å². The molecule has 3 heterocycles. The highest BCUT2D eigenvalue weighted by atomic mass is 16.5. The summed E-state index contributed by atoms with van der Waals surface area (Å²) in [5.41, 5.74) is 7.33. The van der Waals surface area contributed by atoms with Crippen LogP contribution in [0.3, 0.4) is 0 Å². The van der Waals surface area contributed by atoms with Gasteiger partial charge in [-0.25, -0.2) is 4.98 Å². The molecule has 0 saturated carbocycles. The SMILES string of the molecule is CC(C)C(CO)CNCc1c[nH]c2ncc(-c3ccc(C4CCOCC4)c(CN(C)C)c3)cc12. The molecule has 1 aromatic carbocycles. The van der Waals surface area contributed by atoms with Gasteiger partial charge >= 0.3 is 0 Å². The molecule has 0 aliphatic carbocycles. The number of hydrogen-bond acceptors (Lipinski definition) is 5. The Balaban J connectivity index is 1.58. The summed E-state index contributed by atoms with van der Waals surface area (Å²) in [6.07, 6.45) is 6.21. The lowest BCUT2D eigenvalue weighted by atomic mass is 9.86. The molecule has 2 aromatic heterocycles. The van der Waals surface area contributed by atoms with Crippen LogP contribution in [0.1, 0.15) is 49.3 Å². The Bertz CT molecular complexity index is 1070. The van der Waals surface area contributed by atoms with Crippen molar-refractivity contribution in [1.82, 2.24) is 20.2 Å². The normalized spacial score (nSPS) is 16.1. The Morgan fingerprint density at radius 2 is 1.94 bits per heavy atom. The Morgan fingerprint density at radius 3 is 2.65 bits per heavy atom. The summed E-state index contributed by atoms with van der Waals surface area (Å²) >= 11 is 0. The molecule has 6 nitrogen and oxygen atoms in total. The lowest BCUT2D eigenvalue weighted by molar-refractivity contribution is 0.0850. The molecule has 34 heavy (non-hydrogen) atoms. The van der Waals surface area contributed by atoms with E-state index in [0.717, 1.165) is 62.3 Å². The fourth-order valence-electron chi connectivity index (χ4n) is 4.94. The first-order chi connectivity index (χ1) is 16.5. The van der Waals surface area contributed by atoms with Crippen LogP contribution in [0.15, 0.2) is 36.7 Å². The smallest absolute Gasteiger partial charge is 0.137 e. The highest BCUT2D eigenvalue weighted by Gasteiger charge is 2.20. The van der Waals surface area contributed by atoms with Crippen molar-refractivity contribution in [3.8, 4) is 11.1 Å². The number of H-pyrrole nitrogens is 1. The Kier molecular flexibility index (Phi) is 8.37. The molecule has 1 atom stereocenters. The second-order valence-corrected chi connectivity index (χ2v) is 10.3. The molecule has 1 aliphatic heterocycles. The van der Waals surface area contributed by atoms with Gasteiger partial charge in [0.25, 0.3) is 0 Å². The quantitative estimate of drug-likeness (QED) is 0.411. The van der Waals surface area contributed by atoms with E-state index in [1.54, 1.807) is 0 Å². The first kappa shape index (κ1) is 24.9. The zero-order valence-electron chi connectivity index (χ0n) is 21.1. The van der Waals surface area contributed by atoms with Gasteiger partial charge in [-0.3, -0.25) is 0 Å². The molecule has 1 saturated heterocycles. The number of pyridine rings is 1. The summed E-state index contributed by atoms with van der Waals surface area (Å²) in [7, 11) is 4.27. The summed E-state index contributed by atoms with van der Waals surface area (Å²) in [4.78, 5) is 10.3. The van der Waals surface area contributed by atoms with Gasteiger partial charge in [-0.05, 0) is 79.1 Å². The van der Waals surface area contributed by atoms with Crippen molar-refractivity contribution < 1.29 is 9.84 Å². The van der Waals surface area contributed by atoms with Crippen LogP contribution in [-0.4, -0.2) is 60.4 Å². The molecule has 6 heteroatoms. The van der Waals surface area contributed by atoms with E-state index in [9.17, 15) is 5.11 Å². The summed E-state index contributed by atoms with van der Waals surface area (Å²) in [6.45, 7) is 8.72. The summed E-state index contributed by atoms with van der Waals surface area (Å²) < 4.78 is 5.60. The van der Waals surface area contributed by atoms with Crippen LogP contribution in [0.4, 0.5) is 0 Å². The van der Waals surface area contributed by atoms with E-state index in [4.69, 9.17) is 9.72 Å². The van der Waals surface area contributed by atoms with Crippen LogP contribution in [0.25, 0.3) is 22.2 Å². The van der Waals surface area contributed by atoms with Crippen LogP contribution in [-0.2, 0) is 17.8 Å². The molecule has 1 aliphatic rings. The van der Waals surface area contributed by atoms with Crippen molar-refractivity contribution in [3.05, 3.63) is 53.3 Å². The number of aromatic amines is 1. The minimum absolute atomic E-state index is 0.212.